The van der Waals surface area contributed by atoms with Gasteiger partial charge in [0.05, 0.1) is 29.2 Å². The second-order valence-electron chi connectivity index (χ2n) is 6.86. The van der Waals surface area contributed by atoms with Gasteiger partial charge in [-0.2, -0.15) is 0 Å². The molecule has 8 nitrogen and oxygen atoms in total. The van der Waals surface area contributed by atoms with Gasteiger partial charge in [-0.05, 0) is 12.1 Å². The van der Waals surface area contributed by atoms with Crippen LogP contribution in [-0.4, -0.2) is 77.2 Å². The Balaban J connectivity index is 1.59. The van der Waals surface area contributed by atoms with Gasteiger partial charge in [0.15, 0.2) is 0 Å². The highest BCUT2D eigenvalue weighted by Gasteiger charge is 2.37. The average molecular weight is 380 g/mol. The largest absolute Gasteiger partial charge is 0.391 e. The van der Waals surface area contributed by atoms with Gasteiger partial charge in [-0.15, -0.1) is 0 Å². The third-order valence-electron chi connectivity index (χ3n) is 4.83. The van der Waals surface area contributed by atoms with Gasteiger partial charge in [-0.25, -0.2) is 17.7 Å². The second kappa shape index (κ2) is 7.34. The zero-order valence-corrected chi connectivity index (χ0v) is 15.8. The Kier molecular flexibility index (Phi) is 5.31. The Morgan fingerprint density at radius 3 is 2.77 bits per heavy atom. The van der Waals surface area contributed by atoms with Crippen molar-refractivity contribution in [3.05, 3.63) is 30.6 Å². The number of aliphatic hydroxyl groups excluding tert-OH is 1. The van der Waals surface area contributed by atoms with Crippen molar-refractivity contribution in [2.75, 3.05) is 32.9 Å². The number of β-amino-alcohol motifs (C(OH)–C–C–N with tert-alkyl or cyclic N) is 1. The zero-order valence-electron chi connectivity index (χ0n) is 14.9. The van der Waals surface area contributed by atoms with E-state index < -0.39 is 22.0 Å². The lowest BCUT2D eigenvalue weighted by Crippen LogP contribution is -2.33. The van der Waals surface area contributed by atoms with Gasteiger partial charge in [0.2, 0.25) is 15.9 Å². The van der Waals surface area contributed by atoms with Crippen LogP contribution in [0, 0.1) is 5.92 Å². The van der Waals surface area contributed by atoms with Gasteiger partial charge in [0, 0.05) is 46.1 Å². The summed E-state index contributed by atoms with van der Waals surface area (Å²) in [6, 6.07) is 7.71. The van der Waals surface area contributed by atoms with Crippen LogP contribution in [0.4, 0.5) is 0 Å². The SMILES string of the molecule is CN(C)S(=O)(=O)CC1CN(C(=O)CCn2cnc3ccccc32)CC1O. The van der Waals surface area contributed by atoms with E-state index in [4.69, 9.17) is 0 Å². The van der Waals surface area contributed by atoms with Crippen molar-refractivity contribution in [2.45, 2.75) is 19.1 Å². The molecule has 0 aliphatic carbocycles. The van der Waals surface area contributed by atoms with Crippen LogP contribution in [0.25, 0.3) is 11.0 Å². The quantitative estimate of drug-likeness (QED) is 0.769. The lowest BCUT2D eigenvalue weighted by Gasteiger charge is -2.18. The first kappa shape index (κ1) is 18.8. The highest BCUT2D eigenvalue weighted by molar-refractivity contribution is 7.89. The molecule has 9 heteroatoms. The lowest BCUT2D eigenvalue weighted by atomic mass is 10.1. The van der Waals surface area contributed by atoms with Crippen molar-refractivity contribution < 1.29 is 18.3 Å². The molecule has 26 heavy (non-hydrogen) atoms. The summed E-state index contributed by atoms with van der Waals surface area (Å²) in [6.45, 7) is 0.932. The first-order chi connectivity index (χ1) is 12.3. The molecular weight excluding hydrogens is 356 g/mol. The van der Waals surface area contributed by atoms with Crippen LogP contribution >= 0.6 is 0 Å². The number of aliphatic hydroxyl groups is 1. The molecule has 0 bridgehead atoms. The van der Waals surface area contributed by atoms with Crippen molar-refractivity contribution in [2.24, 2.45) is 5.92 Å². The molecule has 0 spiro atoms. The number of carbonyl (C=O) groups excluding carboxylic acids is 1. The van der Waals surface area contributed by atoms with E-state index >= 15 is 0 Å². The molecule has 1 aliphatic rings. The minimum absolute atomic E-state index is 0.0911. The van der Waals surface area contributed by atoms with E-state index in [1.165, 1.54) is 14.1 Å². The topological polar surface area (TPSA) is 95.7 Å². The van der Waals surface area contributed by atoms with Crippen molar-refractivity contribution in [1.29, 1.82) is 0 Å². The maximum atomic E-state index is 12.5. The van der Waals surface area contributed by atoms with Crippen LogP contribution in [0.15, 0.2) is 30.6 Å². The summed E-state index contributed by atoms with van der Waals surface area (Å²) in [7, 11) is -0.478. The normalized spacial score (nSPS) is 21.0. The Labute approximate surface area is 153 Å². The predicted molar refractivity (Wildman–Crippen MR) is 97.9 cm³/mol. The Bertz CT molecular complexity index is 893. The molecule has 0 radical (unpaired) electrons. The fraction of sp³-hybridized carbons (Fsp3) is 0.529. The van der Waals surface area contributed by atoms with Gasteiger partial charge < -0.3 is 14.6 Å². The fourth-order valence-corrected chi connectivity index (χ4v) is 4.37. The summed E-state index contributed by atoms with van der Waals surface area (Å²) in [5, 5.41) is 10.2. The van der Waals surface area contributed by atoms with Crippen LogP contribution < -0.4 is 0 Å². The van der Waals surface area contributed by atoms with Gasteiger partial charge in [-0.1, -0.05) is 12.1 Å². The molecule has 2 atom stereocenters. The van der Waals surface area contributed by atoms with Crippen LogP contribution in [0.5, 0.6) is 0 Å². The zero-order chi connectivity index (χ0) is 18.9. The minimum atomic E-state index is -3.41. The highest BCUT2D eigenvalue weighted by atomic mass is 32.2. The van der Waals surface area contributed by atoms with Crippen LogP contribution in [-0.2, 0) is 21.4 Å². The number of rotatable bonds is 6. The second-order valence-corrected chi connectivity index (χ2v) is 9.09. The van der Waals surface area contributed by atoms with E-state index in [0.29, 0.717) is 6.54 Å². The number of hydrogen-bond acceptors (Lipinski definition) is 5. The lowest BCUT2D eigenvalue weighted by molar-refractivity contribution is -0.130. The fourth-order valence-electron chi connectivity index (χ4n) is 3.20. The molecule has 1 aromatic heterocycles. The van der Waals surface area contributed by atoms with Gasteiger partial charge in [0.25, 0.3) is 0 Å². The number of fused-ring (bicyclic) bond motifs is 1. The number of sulfonamides is 1. The number of imidazole rings is 1. The first-order valence-corrected chi connectivity index (χ1v) is 10.1. The number of benzene rings is 1. The van der Waals surface area contributed by atoms with Crippen LogP contribution in [0.2, 0.25) is 0 Å². The average Bonchev–Trinajstić information content (AvgIpc) is 3.16. The summed E-state index contributed by atoms with van der Waals surface area (Å²) in [6.07, 6.45) is 1.17. The molecule has 1 saturated heterocycles. The number of amides is 1. The molecule has 2 heterocycles. The Morgan fingerprint density at radius 2 is 2.04 bits per heavy atom. The minimum Gasteiger partial charge on any atom is -0.391 e. The third kappa shape index (κ3) is 3.89. The van der Waals surface area contributed by atoms with Crippen molar-refractivity contribution >= 4 is 27.0 Å². The molecular formula is C17H24N4O4S. The number of hydrogen-bond donors (Lipinski definition) is 1. The molecule has 1 fully saturated rings. The maximum absolute atomic E-state index is 12.5. The Morgan fingerprint density at radius 1 is 1.31 bits per heavy atom. The summed E-state index contributed by atoms with van der Waals surface area (Å²) >= 11 is 0. The summed E-state index contributed by atoms with van der Waals surface area (Å²) in [5.74, 6) is -0.705. The summed E-state index contributed by atoms with van der Waals surface area (Å²) < 4.78 is 27.1. The van der Waals surface area contributed by atoms with Crippen molar-refractivity contribution in [1.82, 2.24) is 18.8 Å². The van der Waals surface area contributed by atoms with Crippen molar-refractivity contribution in [3.8, 4) is 0 Å². The molecule has 1 aliphatic heterocycles. The molecule has 1 N–H and O–H groups in total. The van der Waals surface area contributed by atoms with Crippen molar-refractivity contribution in [3.63, 3.8) is 0 Å². The number of para-hydroxylation sites is 2. The summed E-state index contributed by atoms with van der Waals surface area (Å²) in [4.78, 5) is 18.3. The monoisotopic (exact) mass is 380 g/mol. The molecule has 2 aromatic rings. The molecule has 1 amide bonds. The summed E-state index contributed by atoms with van der Waals surface area (Å²) in [5.41, 5.74) is 1.85. The smallest absolute Gasteiger partial charge is 0.224 e. The first-order valence-electron chi connectivity index (χ1n) is 8.54. The van der Waals surface area contributed by atoms with E-state index in [0.717, 1.165) is 15.3 Å². The maximum Gasteiger partial charge on any atom is 0.224 e. The third-order valence-corrected chi connectivity index (χ3v) is 6.80. The van der Waals surface area contributed by atoms with Gasteiger partial charge in [0.1, 0.15) is 0 Å². The van der Waals surface area contributed by atoms with E-state index in [-0.39, 0.29) is 31.2 Å². The van der Waals surface area contributed by atoms with Crippen LogP contribution in [0.3, 0.4) is 0 Å². The van der Waals surface area contributed by atoms with E-state index in [9.17, 15) is 18.3 Å². The molecule has 2 unspecified atom stereocenters. The Hall–Kier alpha value is -1.97. The molecule has 1 aromatic carbocycles. The number of aromatic nitrogens is 2. The van der Waals surface area contributed by atoms with Gasteiger partial charge >= 0.3 is 0 Å². The number of aryl methyl sites for hydroxylation is 1. The highest BCUT2D eigenvalue weighted by Crippen LogP contribution is 2.21. The molecule has 142 valence electrons. The molecule has 3 rings (SSSR count). The van der Waals surface area contributed by atoms with E-state index in [2.05, 4.69) is 4.98 Å². The van der Waals surface area contributed by atoms with E-state index in [1.807, 2.05) is 28.8 Å². The van der Waals surface area contributed by atoms with Crippen LogP contribution in [0.1, 0.15) is 6.42 Å². The number of likely N-dealkylation sites (tertiary alicyclic amines) is 1. The van der Waals surface area contributed by atoms with E-state index in [1.54, 1.807) is 11.2 Å². The molecule has 0 saturated carbocycles. The van der Waals surface area contributed by atoms with Gasteiger partial charge in [-0.3, -0.25) is 4.79 Å². The standard InChI is InChI=1S/C17H24N4O4S/c1-19(2)26(24,25)11-13-9-21(10-16(13)22)17(23)7-8-20-12-18-14-5-3-4-6-15(14)20/h3-6,12-13,16,22H,7-11H2,1-2H3. The number of nitrogens with zero attached hydrogens (tertiary/aromatic N) is 4. The predicted octanol–water partition coefficient (Wildman–Crippen LogP) is 0.137. The number of carbonyl (C=O) groups is 1.